The molecule has 0 bridgehead atoms. The van der Waals surface area contributed by atoms with Crippen molar-refractivity contribution in [2.45, 2.75) is 129 Å². The van der Waals surface area contributed by atoms with Crippen LogP contribution in [0.25, 0.3) is 0 Å². The number of carboxylic acid groups (broad SMARTS) is 1. The third-order valence-corrected chi connectivity index (χ3v) is 10.0. The fraction of sp³-hybridized carbons (Fsp3) is 0.590. The Labute approximate surface area is 380 Å². The molecule has 0 aliphatic carbocycles. The average Bonchev–Trinajstić information content (AvgIpc) is 3.95. The second kappa shape index (κ2) is 26.3. The molecule has 25 nitrogen and oxygen atoms in total. The number of nitrogens with two attached hydrogens (primary N) is 2. The topological polar surface area (TPSA) is 397 Å². The number of nitrogens with one attached hydrogen (secondary N) is 10. The molecule has 2 heterocycles. The van der Waals surface area contributed by atoms with Gasteiger partial charge in [-0.25, -0.2) is 14.8 Å². The highest BCUT2D eigenvalue weighted by Crippen LogP contribution is 2.09. The van der Waals surface area contributed by atoms with Gasteiger partial charge in [-0.2, -0.15) is 12.6 Å². The van der Waals surface area contributed by atoms with Crippen molar-refractivity contribution in [1.82, 2.24) is 62.5 Å². The van der Waals surface area contributed by atoms with E-state index in [1.807, 2.05) is 0 Å². The van der Waals surface area contributed by atoms with Crippen molar-refractivity contribution in [3.05, 3.63) is 36.4 Å². The van der Waals surface area contributed by atoms with E-state index in [0.717, 1.165) is 0 Å². The number of H-pyrrole nitrogens is 2. The lowest BCUT2D eigenvalue weighted by molar-refractivity contribution is -0.142. The average molecular weight is 935 g/mol. The van der Waals surface area contributed by atoms with Crippen LogP contribution in [0.1, 0.15) is 72.7 Å². The predicted octanol–water partition coefficient (Wildman–Crippen LogP) is -4.22. The van der Waals surface area contributed by atoms with Gasteiger partial charge in [-0.1, -0.05) is 27.7 Å². The van der Waals surface area contributed by atoms with Gasteiger partial charge in [-0.15, -0.1) is 0 Å². The normalized spacial score (nSPS) is 15.3. The van der Waals surface area contributed by atoms with Gasteiger partial charge in [0, 0.05) is 42.4 Å². The Hall–Kier alpha value is -6.57. The first-order valence-electron chi connectivity index (χ1n) is 20.7. The lowest BCUT2D eigenvalue weighted by Gasteiger charge is -2.26. The summed E-state index contributed by atoms with van der Waals surface area (Å²) in [7, 11) is 0. The number of carbonyl (C=O) groups excluding carboxylic acids is 9. The standard InChI is InChI=1S/C39H62N14O11S/c1-17(2)8-24(35(59)52-27(39(63)64)10-23-13-43-16-45-23)49-31(55)20(6)47-37(61)28(14-65)53-36(60)25(9-22-12-42-15-44-22)50-32(56)19(5)46-34(58)26(11-29(40)54)51-33(57)21(7)48-38(62)30(41)18(3)4/h12-13,15-21,24-28,30,65H,8-11,14,41H2,1-7H3,(H2,40,54)(H,42,44)(H,43,45)(H,46,58)(H,47,61)(H,48,62)(H,49,55)(H,50,56)(H,51,57)(H,52,59)(H,53,60)(H,63,64)/t19-,20-,21-,24-,25-,26-,27-,28-,30-/m0/s1. The predicted molar refractivity (Wildman–Crippen MR) is 235 cm³/mol. The lowest BCUT2D eigenvalue weighted by atomic mass is 10.0. The van der Waals surface area contributed by atoms with Crippen molar-refractivity contribution in [2.75, 3.05) is 5.75 Å². The molecule has 9 amide bonds. The SMILES string of the molecule is CC(C)C[C@H](NC(=O)[C@H](C)NC(=O)[C@H](CS)NC(=O)[C@H](Cc1cnc[nH]1)NC(=O)[C@H](C)NC(=O)[C@H](CC(N)=O)NC(=O)[C@H](C)NC(=O)[C@@H](N)C(C)C)C(=O)N[C@@H](Cc1cnc[nH]1)C(=O)O. The Morgan fingerprint density at radius 2 is 0.954 bits per heavy atom. The second-order valence-electron chi connectivity index (χ2n) is 16.1. The quantitative estimate of drug-likeness (QED) is 0.0378. The van der Waals surface area contributed by atoms with E-state index in [-0.39, 0.29) is 36.9 Å². The van der Waals surface area contributed by atoms with Gasteiger partial charge in [-0.3, -0.25) is 43.2 Å². The van der Waals surface area contributed by atoms with Crippen LogP contribution in [-0.2, 0) is 60.8 Å². The van der Waals surface area contributed by atoms with Gasteiger partial charge in [0.05, 0.1) is 25.1 Å². The second-order valence-corrected chi connectivity index (χ2v) is 16.5. The Morgan fingerprint density at radius 1 is 0.569 bits per heavy atom. The summed E-state index contributed by atoms with van der Waals surface area (Å²) >= 11 is 4.19. The highest BCUT2D eigenvalue weighted by Gasteiger charge is 2.34. The number of carbonyl (C=O) groups is 10. The molecule has 0 unspecified atom stereocenters. The molecule has 0 aromatic carbocycles. The fourth-order valence-corrected chi connectivity index (χ4v) is 6.08. The molecule has 0 fully saturated rings. The van der Waals surface area contributed by atoms with Gasteiger partial charge < -0.3 is 69.1 Å². The van der Waals surface area contributed by atoms with Crippen LogP contribution >= 0.6 is 12.6 Å². The smallest absolute Gasteiger partial charge is 0.326 e. The van der Waals surface area contributed by atoms with E-state index in [4.69, 9.17) is 11.5 Å². The summed E-state index contributed by atoms with van der Waals surface area (Å²) < 4.78 is 0. The number of carboxylic acids is 1. The van der Waals surface area contributed by atoms with E-state index in [1.165, 1.54) is 45.8 Å². The van der Waals surface area contributed by atoms with Crippen LogP contribution in [0, 0.1) is 11.8 Å². The molecule has 0 aliphatic rings. The monoisotopic (exact) mass is 934 g/mol. The number of aromatic nitrogens is 4. The first-order chi connectivity index (χ1) is 30.4. The van der Waals surface area contributed by atoms with Crippen molar-refractivity contribution >= 4 is 71.8 Å². The number of imidazole rings is 2. The largest absolute Gasteiger partial charge is 0.480 e. The lowest BCUT2D eigenvalue weighted by Crippen LogP contribution is -2.60. The Morgan fingerprint density at radius 3 is 1.37 bits per heavy atom. The van der Waals surface area contributed by atoms with Crippen molar-refractivity contribution in [3.8, 4) is 0 Å². The van der Waals surface area contributed by atoms with Crippen LogP contribution in [0.15, 0.2) is 25.0 Å². The van der Waals surface area contributed by atoms with Gasteiger partial charge in [0.2, 0.25) is 53.2 Å². The van der Waals surface area contributed by atoms with Crippen LogP contribution in [0.4, 0.5) is 0 Å². The number of aliphatic carboxylic acids is 1. The van der Waals surface area contributed by atoms with E-state index in [1.54, 1.807) is 27.7 Å². The molecule has 360 valence electrons. The Kier molecular flexibility index (Phi) is 22.1. The van der Waals surface area contributed by atoms with Crippen LogP contribution in [0.5, 0.6) is 0 Å². The summed E-state index contributed by atoms with van der Waals surface area (Å²) in [6.45, 7) is 10.9. The molecule has 65 heavy (non-hydrogen) atoms. The number of rotatable bonds is 27. The van der Waals surface area contributed by atoms with Crippen molar-refractivity contribution in [1.29, 1.82) is 0 Å². The molecule has 0 aliphatic heterocycles. The molecule has 15 N–H and O–H groups in total. The number of hydrogen-bond donors (Lipinski definition) is 14. The zero-order valence-corrected chi connectivity index (χ0v) is 38.1. The summed E-state index contributed by atoms with van der Waals surface area (Å²) in [6, 6.07) is -11.6. The number of hydrogen-bond acceptors (Lipinski definition) is 14. The van der Waals surface area contributed by atoms with Gasteiger partial charge in [0.25, 0.3) is 0 Å². The molecule has 9 atom stereocenters. The van der Waals surface area contributed by atoms with E-state index >= 15 is 0 Å². The van der Waals surface area contributed by atoms with Crippen molar-refractivity contribution in [3.63, 3.8) is 0 Å². The van der Waals surface area contributed by atoms with E-state index in [0.29, 0.717) is 11.4 Å². The molecule has 0 saturated carbocycles. The summed E-state index contributed by atoms with van der Waals surface area (Å²) in [4.78, 5) is 143. The number of nitrogens with zero attached hydrogens (tertiary/aromatic N) is 2. The maximum Gasteiger partial charge on any atom is 0.326 e. The van der Waals surface area contributed by atoms with Crippen molar-refractivity contribution < 1.29 is 53.1 Å². The molecular weight excluding hydrogens is 873 g/mol. The van der Waals surface area contributed by atoms with Crippen LogP contribution in [-0.4, -0.2) is 144 Å². The molecule has 0 spiro atoms. The Bertz CT molecular complexity index is 1960. The van der Waals surface area contributed by atoms with Crippen molar-refractivity contribution in [2.24, 2.45) is 23.3 Å². The first kappa shape index (κ1) is 54.6. The van der Waals surface area contributed by atoms with Gasteiger partial charge >= 0.3 is 5.97 Å². The zero-order valence-electron chi connectivity index (χ0n) is 37.2. The minimum absolute atomic E-state index is 0.104. The molecule has 0 radical (unpaired) electrons. The maximum atomic E-state index is 13.7. The molecule has 2 aromatic heterocycles. The number of primary amides is 1. The molecule has 0 saturated heterocycles. The number of amides is 9. The third-order valence-electron chi connectivity index (χ3n) is 9.68. The van der Waals surface area contributed by atoms with E-state index in [2.05, 4.69) is 75.1 Å². The molecule has 2 aromatic rings. The first-order valence-corrected chi connectivity index (χ1v) is 21.3. The molecule has 26 heteroatoms. The Balaban J connectivity index is 2.13. The minimum Gasteiger partial charge on any atom is -0.480 e. The fourth-order valence-electron chi connectivity index (χ4n) is 5.82. The van der Waals surface area contributed by atoms with Gasteiger partial charge in [0.15, 0.2) is 0 Å². The minimum atomic E-state index is -1.57. The highest BCUT2D eigenvalue weighted by atomic mass is 32.1. The van der Waals surface area contributed by atoms with Gasteiger partial charge in [-0.05, 0) is 39.0 Å². The molecular formula is C39H62N14O11S. The van der Waals surface area contributed by atoms with E-state index < -0.39 is 120 Å². The summed E-state index contributed by atoms with van der Waals surface area (Å²) in [5.41, 5.74) is 12.0. The van der Waals surface area contributed by atoms with E-state index in [9.17, 15) is 53.1 Å². The summed E-state index contributed by atoms with van der Waals surface area (Å²) in [6.07, 6.45) is 4.63. The van der Waals surface area contributed by atoms with Crippen LogP contribution in [0.3, 0.4) is 0 Å². The van der Waals surface area contributed by atoms with Crippen LogP contribution in [0.2, 0.25) is 0 Å². The summed E-state index contributed by atoms with van der Waals surface area (Å²) in [5.74, 6) is -9.62. The summed E-state index contributed by atoms with van der Waals surface area (Å²) in [5, 5.41) is 29.2. The zero-order chi connectivity index (χ0) is 49.1. The third kappa shape index (κ3) is 18.6. The number of aromatic amines is 2. The van der Waals surface area contributed by atoms with Gasteiger partial charge in [0.1, 0.15) is 48.3 Å². The highest BCUT2D eigenvalue weighted by molar-refractivity contribution is 7.80. The maximum absolute atomic E-state index is 13.7. The van der Waals surface area contributed by atoms with Crippen LogP contribution < -0.4 is 54.0 Å². The number of thiol groups is 1. The molecule has 2 rings (SSSR count).